The average Bonchev–Trinajstić information content (AvgIpc) is 2.35. The normalized spacial score (nSPS) is 18.2. The fourth-order valence-electron chi connectivity index (χ4n) is 2.39. The summed E-state index contributed by atoms with van der Waals surface area (Å²) in [5, 5.41) is 20.9. The molecule has 1 N–H and O–H groups in total. The summed E-state index contributed by atoms with van der Waals surface area (Å²) in [6.45, 7) is 1.63. The van der Waals surface area contributed by atoms with E-state index in [0.29, 0.717) is 18.9 Å². The molecule has 0 saturated carbocycles. The lowest BCUT2D eigenvalue weighted by Crippen LogP contribution is -2.63. The lowest BCUT2D eigenvalue weighted by molar-refractivity contribution is -0.388. The quantitative estimate of drug-likeness (QED) is 0.651. The van der Waals surface area contributed by atoms with Crippen LogP contribution in [0.3, 0.4) is 0 Å². The predicted molar refractivity (Wildman–Crippen MR) is 71.7 cm³/mol. The van der Waals surface area contributed by atoms with E-state index in [1.807, 2.05) is 6.92 Å². The molecular formula is C12H15FN2O5S. The van der Waals surface area contributed by atoms with Crippen molar-refractivity contribution in [1.29, 1.82) is 0 Å². The monoisotopic (exact) mass is 318 g/mol. The molecular weight excluding hydrogens is 303 g/mol. The minimum Gasteiger partial charge on any atom is -0.387 e. The number of sulfonamides is 1. The van der Waals surface area contributed by atoms with Gasteiger partial charge in [-0.1, -0.05) is 13.3 Å². The molecule has 1 aromatic carbocycles. The Hall–Kier alpha value is -1.58. The van der Waals surface area contributed by atoms with Gasteiger partial charge in [-0.05, 0) is 18.6 Å². The van der Waals surface area contributed by atoms with Crippen LogP contribution in [0.25, 0.3) is 0 Å². The van der Waals surface area contributed by atoms with Gasteiger partial charge in [0.1, 0.15) is 5.82 Å². The van der Waals surface area contributed by atoms with Crippen molar-refractivity contribution in [2.45, 2.75) is 30.3 Å². The molecule has 0 amide bonds. The first-order valence-corrected chi connectivity index (χ1v) is 7.80. The topological polar surface area (TPSA) is 101 Å². The first-order valence-electron chi connectivity index (χ1n) is 6.36. The Balaban J connectivity index is 2.32. The summed E-state index contributed by atoms with van der Waals surface area (Å²) in [4.78, 5) is 9.39. The largest absolute Gasteiger partial charge is 0.387 e. The number of nitrogens with zero attached hydrogens (tertiary/aromatic N) is 2. The Morgan fingerprint density at radius 3 is 2.62 bits per heavy atom. The summed E-state index contributed by atoms with van der Waals surface area (Å²) in [6, 6.07) is 2.31. The molecule has 0 atom stereocenters. The maximum atomic E-state index is 13.1. The van der Waals surface area contributed by atoms with Crippen molar-refractivity contribution < 1.29 is 22.8 Å². The Bertz CT molecular complexity index is 670. The van der Waals surface area contributed by atoms with Gasteiger partial charge in [0.15, 0.2) is 4.90 Å². The van der Waals surface area contributed by atoms with Crippen LogP contribution in [0.1, 0.15) is 19.8 Å². The van der Waals surface area contributed by atoms with Gasteiger partial charge in [-0.2, -0.15) is 4.31 Å². The first kappa shape index (κ1) is 15.8. The fraction of sp³-hybridized carbons (Fsp3) is 0.500. The highest BCUT2D eigenvalue weighted by Gasteiger charge is 2.48. The van der Waals surface area contributed by atoms with E-state index in [-0.39, 0.29) is 13.1 Å². The van der Waals surface area contributed by atoms with Gasteiger partial charge in [0.25, 0.3) is 5.69 Å². The number of nitro groups is 1. The number of hydrogen-bond donors (Lipinski definition) is 1. The summed E-state index contributed by atoms with van der Waals surface area (Å²) in [5.74, 6) is -0.883. The van der Waals surface area contributed by atoms with E-state index >= 15 is 0 Å². The Labute approximate surface area is 121 Å². The van der Waals surface area contributed by atoms with E-state index in [0.717, 1.165) is 16.4 Å². The molecule has 1 heterocycles. The van der Waals surface area contributed by atoms with Gasteiger partial charge in [-0.25, -0.2) is 12.8 Å². The molecule has 21 heavy (non-hydrogen) atoms. The number of β-amino-alcohol motifs (C(OH)–C–C–N with tert-alkyl or cyclic N) is 1. The van der Waals surface area contributed by atoms with Gasteiger partial charge in [0, 0.05) is 13.1 Å². The zero-order valence-electron chi connectivity index (χ0n) is 11.3. The number of nitro benzene ring substituents is 1. The highest BCUT2D eigenvalue weighted by atomic mass is 32.2. The predicted octanol–water partition coefficient (Wildman–Crippen LogP) is 1.27. The fourth-order valence-corrected chi connectivity index (χ4v) is 4.13. The highest BCUT2D eigenvalue weighted by molar-refractivity contribution is 7.89. The third-order valence-corrected chi connectivity index (χ3v) is 5.23. The second kappa shape index (κ2) is 5.32. The SMILES string of the molecule is CCCC1(O)CN(S(=O)(=O)c2ccc(F)cc2[N+](=O)[O-])C1. The van der Waals surface area contributed by atoms with Crippen molar-refractivity contribution in [3.8, 4) is 0 Å². The molecule has 0 spiro atoms. The molecule has 0 bridgehead atoms. The van der Waals surface area contributed by atoms with Gasteiger partial charge >= 0.3 is 0 Å². The zero-order chi connectivity index (χ0) is 15.8. The van der Waals surface area contributed by atoms with Crippen LogP contribution in [0, 0.1) is 15.9 Å². The summed E-state index contributed by atoms with van der Waals surface area (Å²) in [7, 11) is -4.12. The van der Waals surface area contributed by atoms with Crippen molar-refractivity contribution in [2.75, 3.05) is 13.1 Å². The number of rotatable bonds is 5. The molecule has 1 aliphatic heterocycles. The molecule has 2 rings (SSSR count). The maximum absolute atomic E-state index is 13.1. The van der Waals surface area contributed by atoms with Gasteiger partial charge < -0.3 is 5.11 Å². The lowest BCUT2D eigenvalue weighted by Gasteiger charge is -2.45. The minimum atomic E-state index is -4.12. The minimum absolute atomic E-state index is 0.113. The number of halogens is 1. The van der Waals surface area contributed by atoms with E-state index in [1.54, 1.807) is 0 Å². The number of hydrogen-bond acceptors (Lipinski definition) is 5. The Kier molecular flexibility index (Phi) is 4.00. The lowest BCUT2D eigenvalue weighted by atomic mass is 9.92. The molecule has 9 heteroatoms. The molecule has 0 aromatic heterocycles. The summed E-state index contributed by atoms with van der Waals surface area (Å²) >= 11 is 0. The van der Waals surface area contributed by atoms with Gasteiger partial charge in [0.2, 0.25) is 10.0 Å². The molecule has 116 valence electrons. The van der Waals surface area contributed by atoms with Crippen molar-refractivity contribution >= 4 is 15.7 Å². The number of benzene rings is 1. The highest BCUT2D eigenvalue weighted by Crippen LogP contribution is 2.34. The van der Waals surface area contributed by atoms with E-state index in [1.165, 1.54) is 0 Å². The summed E-state index contributed by atoms with van der Waals surface area (Å²) in [5.41, 5.74) is -1.89. The van der Waals surface area contributed by atoms with Crippen LogP contribution in [0.15, 0.2) is 23.1 Å². The third-order valence-electron chi connectivity index (χ3n) is 3.39. The van der Waals surface area contributed by atoms with Crippen LogP contribution in [0.4, 0.5) is 10.1 Å². The van der Waals surface area contributed by atoms with Crippen LogP contribution in [0.5, 0.6) is 0 Å². The maximum Gasteiger partial charge on any atom is 0.292 e. The first-order chi connectivity index (χ1) is 9.69. The second-order valence-electron chi connectivity index (χ2n) is 5.12. The van der Waals surface area contributed by atoms with Crippen LogP contribution in [0.2, 0.25) is 0 Å². The Morgan fingerprint density at radius 2 is 2.10 bits per heavy atom. The van der Waals surface area contributed by atoms with Crippen molar-refractivity contribution in [1.82, 2.24) is 4.31 Å². The molecule has 1 aliphatic rings. The third kappa shape index (κ3) is 2.89. The van der Waals surface area contributed by atoms with Gasteiger partial charge in [-0.15, -0.1) is 0 Å². The molecule has 0 unspecified atom stereocenters. The molecule has 0 aliphatic carbocycles. The molecule has 0 radical (unpaired) electrons. The smallest absolute Gasteiger partial charge is 0.292 e. The van der Waals surface area contributed by atoms with Gasteiger partial charge in [0.05, 0.1) is 16.6 Å². The summed E-state index contributed by atoms with van der Waals surface area (Å²) < 4.78 is 38.7. The van der Waals surface area contributed by atoms with Crippen molar-refractivity contribution in [3.05, 3.63) is 34.1 Å². The van der Waals surface area contributed by atoms with Crippen LogP contribution in [-0.4, -0.2) is 41.4 Å². The Morgan fingerprint density at radius 1 is 1.48 bits per heavy atom. The molecule has 1 fully saturated rings. The van der Waals surface area contributed by atoms with Crippen LogP contribution in [-0.2, 0) is 10.0 Å². The van der Waals surface area contributed by atoms with E-state index in [9.17, 15) is 28.0 Å². The van der Waals surface area contributed by atoms with Crippen LogP contribution >= 0.6 is 0 Å². The molecule has 7 nitrogen and oxygen atoms in total. The van der Waals surface area contributed by atoms with E-state index < -0.39 is 36.9 Å². The molecule has 1 aromatic rings. The average molecular weight is 318 g/mol. The molecule has 1 saturated heterocycles. The van der Waals surface area contributed by atoms with Crippen molar-refractivity contribution in [2.24, 2.45) is 0 Å². The number of aliphatic hydroxyl groups is 1. The standard InChI is InChI=1S/C12H15FN2O5S/c1-2-5-12(16)7-14(8-12)21(19,20)11-4-3-9(13)6-10(11)15(17)18/h3-4,6,16H,2,5,7-8H2,1H3. The zero-order valence-corrected chi connectivity index (χ0v) is 12.1. The van der Waals surface area contributed by atoms with E-state index in [4.69, 9.17) is 0 Å². The van der Waals surface area contributed by atoms with E-state index in [2.05, 4.69) is 0 Å². The summed E-state index contributed by atoms with van der Waals surface area (Å²) in [6.07, 6.45) is 1.14. The second-order valence-corrected chi connectivity index (χ2v) is 7.02. The van der Waals surface area contributed by atoms with Crippen LogP contribution < -0.4 is 0 Å². The van der Waals surface area contributed by atoms with Crippen molar-refractivity contribution in [3.63, 3.8) is 0 Å². The van der Waals surface area contributed by atoms with Gasteiger partial charge in [-0.3, -0.25) is 10.1 Å².